The van der Waals surface area contributed by atoms with Crippen molar-refractivity contribution in [3.8, 4) is 0 Å². The Morgan fingerprint density at radius 3 is 2.18 bits per heavy atom. The molecule has 28 heavy (non-hydrogen) atoms. The van der Waals surface area contributed by atoms with Crippen molar-refractivity contribution < 1.29 is 4.79 Å². The van der Waals surface area contributed by atoms with Crippen LogP contribution < -0.4 is 10.6 Å². The molecule has 3 nitrogen and oxygen atoms in total. The molecule has 2 N–H and O–H groups in total. The highest BCUT2D eigenvalue weighted by Gasteiger charge is 2.48. The topological polar surface area (TPSA) is 41.1 Å². The first-order valence-corrected chi connectivity index (χ1v) is 11.9. The van der Waals surface area contributed by atoms with Gasteiger partial charge in [-0.15, -0.1) is 0 Å². The second-order valence-electron chi connectivity index (χ2n) is 9.94. The van der Waals surface area contributed by atoms with Crippen molar-refractivity contribution in [2.45, 2.75) is 82.1 Å². The Kier molecular flexibility index (Phi) is 5.21. The molecule has 3 heteroatoms. The van der Waals surface area contributed by atoms with Crippen molar-refractivity contribution in [1.29, 1.82) is 0 Å². The summed E-state index contributed by atoms with van der Waals surface area (Å²) >= 11 is 0. The Bertz CT molecular complexity index is 694. The number of nitrogens with one attached hydrogen (secondary N) is 2. The third-order valence-corrected chi connectivity index (χ3v) is 8.59. The van der Waals surface area contributed by atoms with Gasteiger partial charge in [-0.3, -0.25) is 4.79 Å². The molecule has 4 aliphatic rings. The Morgan fingerprint density at radius 2 is 1.43 bits per heavy atom. The first kappa shape index (κ1) is 18.7. The van der Waals surface area contributed by atoms with E-state index in [1.165, 1.54) is 68.9 Å². The van der Waals surface area contributed by atoms with E-state index in [4.69, 9.17) is 0 Å². The summed E-state index contributed by atoms with van der Waals surface area (Å²) in [5.41, 5.74) is 2.46. The molecule has 2 aliphatic heterocycles. The van der Waals surface area contributed by atoms with E-state index in [1.54, 1.807) is 0 Å². The number of fused-ring (bicyclic) bond motifs is 2. The predicted molar refractivity (Wildman–Crippen MR) is 113 cm³/mol. The van der Waals surface area contributed by atoms with Gasteiger partial charge in [-0.1, -0.05) is 56.4 Å². The van der Waals surface area contributed by atoms with Crippen LogP contribution >= 0.6 is 0 Å². The van der Waals surface area contributed by atoms with Crippen molar-refractivity contribution in [3.63, 3.8) is 0 Å². The Morgan fingerprint density at radius 1 is 0.786 bits per heavy atom. The number of carbonyl (C=O) groups excluding carboxylic acids is 1. The van der Waals surface area contributed by atoms with E-state index in [2.05, 4.69) is 34.9 Å². The van der Waals surface area contributed by atoms with E-state index in [1.807, 2.05) is 0 Å². The summed E-state index contributed by atoms with van der Waals surface area (Å²) in [5, 5.41) is 6.97. The third kappa shape index (κ3) is 3.20. The average Bonchev–Trinajstić information content (AvgIpc) is 2.78. The number of hydrogen-bond acceptors (Lipinski definition) is 2. The van der Waals surface area contributed by atoms with E-state index in [9.17, 15) is 4.79 Å². The summed E-state index contributed by atoms with van der Waals surface area (Å²) in [6.07, 6.45) is 14.5. The van der Waals surface area contributed by atoms with Gasteiger partial charge in [0.2, 0.25) is 5.91 Å². The van der Waals surface area contributed by atoms with E-state index < -0.39 is 0 Å². The highest BCUT2D eigenvalue weighted by atomic mass is 16.2. The molecular weight excluding hydrogens is 344 g/mol. The third-order valence-electron chi connectivity index (χ3n) is 8.59. The smallest absolute Gasteiger partial charge is 0.231 e. The Balaban J connectivity index is 1.34. The van der Waals surface area contributed by atoms with Crippen molar-refractivity contribution >= 4 is 5.91 Å². The molecule has 5 rings (SSSR count). The number of rotatable bonds is 2. The maximum Gasteiger partial charge on any atom is 0.231 e. The fraction of sp³-hybridized carbons (Fsp3) is 0.720. The number of benzene rings is 1. The highest BCUT2D eigenvalue weighted by Crippen LogP contribution is 2.48. The highest BCUT2D eigenvalue weighted by molar-refractivity contribution is 5.91. The molecule has 0 radical (unpaired) electrons. The molecule has 0 bridgehead atoms. The van der Waals surface area contributed by atoms with Crippen LogP contribution in [0.4, 0.5) is 0 Å². The van der Waals surface area contributed by atoms with Gasteiger partial charge in [0, 0.05) is 0 Å². The number of carbonyl (C=O) groups is 1. The van der Waals surface area contributed by atoms with Crippen molar-refractivity contribution in [2.24, 2.45) is 17.8 Å². The van der Waals surface area contributed by atoms with Crippen LogP contribution in [-0.4, -0.2) is 19.0 Å². The maximum atomic E-state index is 13.4. The number of piperidine rings is 1. The van der Waals surface area contributed by atoms with E-state index in [0.29, 0.717) is 11.8 Å². The van der Waals surface area contributed by atoms with Gasteiger partial charge >= 0.3 is 0 Å². The van der Waals surface area contributed by atoms with E-state index in [-0.39, 0.29) is 11.5 Å². The summed E-state index contributed by atoms with van der Waals surface area (Å²) in [5.74, 6) is 2.85. The van der Waals surface area contributed by atoms with Gasteiger partial charge in [0.1, 0.15) is 0 Å². The standard InChI is InChI=1S/C25H36N2O/c28-24-25(14-16-26-17-15-25)22-9-5-4-8-21(22)23(27-24)20-12-10-19(11-13-20)18-6-2-1-3-7-18/h4-5,8-9,18-20,23,26H,1-3,6-7,10-17H2,(H,27,28). The van der Waals surface area contributed by atoms with Crippen LogP contribution in [0.15, 0.2) is 24.3 Å². The fourth-order valence-electron chi connectivity index (χ4n) is 6.96. The van der Waals surface area contributed by atoms with E-state index in [0.717, 1.165) is 37.8 Å². The van der Waals surface area contributed by atoms with Crippen molar-refractivity contribution in [3.05, 3.63) is 35.4 Å². The lowest BCUT2D eigenvalue weighted by Gasteiger charge is -2.47. The van der Waals surface area contributed by atoms with E-state index >= 15 is 0 Å². The molecule has 2 saturated carbocycles. The molecular formula is C25H36N2O. The summed E-state index contributed by atoms with van der Waals surface area (Å²) in [4.78, 5) is 13.4. The molecule has 1 unspecified atom stereocenters. The first-order chi connectivity index (χ1) is 13.8. The summed E-state index contributed by atoms with van der Waals surface area (Å²) in [6.45, 7) is 1.89. The van der Waals surface area contributed by atoms with Gasteiger partial charge in [0.15, 0.2) is 0 Å². The number of hydrogen-bond donors (Lipinski definition) is 2. The Hall–Kier alpha value is -1.35. The van der Waals surface area contributed by atoms with Crippen LogP contribution in [0.2, 0.25) is 0 Å². The lowest BCUT2D eigenvalue weighted by molar-refractivity contribution is -0.130. The second kappa shape index (κ2) is 7.82. The fourth-order valence-corrected chi connectivity index (χ4v) is 6.96. The van der Waals surface area contributed by atoms with Crippen LogP contribution in [0, 0.1) is 17.8 Å². The monoisotopic (exact) mass is 380 g/mol. The molecule has 1 atom stereocenters. The summed E-state index contributed by atoms with van der Waals surface area (Å²) < 4.78 is 0. The lowest BCUT2D eigenvalue weighted by Crippen LogP contribution is -2.56. The second-order valence-corrected chi connectivity index (χ2v) is 9.94. The SMILES string of the molecule is O=C1NC(C2CCC(C3CCCCC3)CC2)c2ccccc2C12CCNCC2. The number of amides is 1. The average molecular weight is 381 g/mol. The van der Waals surface area contributed by atoms with Crippen molar-refractivity contribution in [1.82, 2.24) is 10.6 Å². The molecule has 152 valence electrons. The summed E-state index contributed by atoms with van der Waals surface area (Å²) in [7, 11) is 0. The van der Waals surface area contributed by atoms with Gasteiger partial charge in [-0.25, -0.2) is 0 Å². The van der Waals surface area contributed by atoms with Crippen LogP contribution in [0.25, 0.3) is 0 Å². The molecule has 2 aliphatic carbocycles. The Labute approximate surface area is 170 Å². The minimum atomic E-state index is -0.294. The zero-order chi connectivity index (χ0) is 19.0. The van der Waals surface area contributed by atoms with Crippen LogP contribution in [0.1, 0.15) is 87.8 Å². The largest absolute Gasteiger partial charge is 0.348 e. The van der Waals surface area contributed by atoms with Crippen LogP contribution in [0.5, 0.6) is 0 Å². The van der Waals surface area contributed by atoms with Gasteiger partial charge in [-0.05, 0) is 80.5 Å². The molecule has 2 heterocycles. The molecule has 1 aromatic rings. The van der Waals surface area contributed by atoms with Gasteiger partial charge in [0.25, 0.3) is 0 Å². The minimum absolute atomic E-state index is 0.233. The zero-order valence-corrected chi connectivity index (χ0v) is 17.2. The zero-order valence-electron chi connectivity index (χ0n) is 17.2. The summed E-state index contributed by atoms with van der Waals surface area (Å²) in [6, 6.07) is 9.09. The van der Waals surface area contributed by atoms with Gasteiger partial charge in [0.05, 0.1) is 11.5 Å². The van der Waals surface area contributed by atoms with Gasteiger partial charge < -0.3 is 10.6 Å². The maximum absolute atomic E-state index is 13.4. The molecule has 0 aromatic heterocycles. The molecule has 3 fully saturated rings. The molecule has 1 spiro atoms. The van der Waals surface area contributed by atoms with Crippen molar-refractivity contribution in [2.75, 3.05) is 13.1 Å². The van der Waals surface area contributed by atoms with Crippen LogP contribution in [-0.2, 0) is 10.2 Å². The normalized spacial score (nSPS) is 33.3. The molecule has 1 amide bonds. The molecule has 1 aromatic carbocycles. The molecule has 1 saturated heterocycles. The quantitative estimate of drug-likeness (QED) is 0.769. The lowest BCUT2D eigenvalue weighted by atomic mass is 9.64. The predicted octanol–water partition coefficient (Wildman–Crippen LogP) is 4.87. The minimum Gasteiger partial charge on any atom is -0.348 e. The van der Waals surface area contributed by atoms with Crippen LogP contribution in [0.3, 0.4) is 0 Å². The first-order valence-electron chi connectivity index (χ1n) is 11.9. The van der Waals surface area contributed by atoms with Gasteiger partial charge in [-0.2, -0.15) is 0 Å².